The van der Waals surface area contributed by atoms with Crippen LogP contribution in [0.4, 0.5) is 5.82 Å². The molecule has 2 heterocycles. The number of aryl methyl sites for hydroxylation is 1. The third-order valence-corrected chi connectivity index (χ3v) is 2.18. The van der Waals surface area contributed by atoms with Crippen LogP contribution < -0.4 is 16.6 Å². The number of hydrogen-bond donors (Lipinski definition) is 3. The summed E-state index contributed by atoms with van der Waals surface area (Å²) < 4.78 is 1.57. The highest BCUT2D eigenvalue weighted by Gasteiger charge is 2.08. The van der Waals surface area contributed by atoms with E-state index in [4.69, 9.17) is 5.84 Å². The van der Waals surface area contributed by atoms with E-state index in [1.54, 1.807) is 36.3 Å². The van der Waals surface area contributed by atoms with E-state index in [1.165, 1.54) is 0 Å². The molecule has 0 fully saturated rings. The van der Waals surface area contributed by atoms with E-state index < -0.39 is 0 Å². The molecule has 1 amide bonds. The van der Waals surface area contributed by atoms with Gasteiger partial charge in [-0.25, -0.2) is 15.8 Å². The van der Waals surface area contributed by atoms with Gasteiger partial charge in [-0.1, -0.05) is 6.07 Å². The van der Waals surface area contributed by atoms with Crippen molar-refractivity contribution in [2.75, 3.05) is 5.43 Å². The van der Waals surface area contributed by atoms with Crippen molar-refractivity contribution in [2.45, 2.75) is 6.54 Å². The van der Waals surface area contributed by atoms with Gasteiger partial charge in [-0.2, -0.15) is 5.10 Å². The van der Waals surface area contributed by atoms with Crippen LogP contribution in [0, 0.1) is 0 Å². The first-order valence-corrected chi connectivity index (χ1v) is 5.25. The molecule has 2 aromatic rings. The maximum absolute atomic E-state index is 11.8. The Morgan fingerprint density at radius 1 is 1.50 bits per heavy atom. The Bertz CT molecular complexity index is 551. The number of pyridine rings is 1. The minimum Gasteiger partial charge on any atom is -0.343 e. The zero-order valence-corrected chi connectivity index (χ0v) is 9.79. The summed E-state index contributed by atoms with van der Waals surface area (Å²) in [7, 11) is 1.76. The maximum Gasteiger partial charge on any atom is 0.270 e. The van der Waals surface area contributed by atoms with Crippen molar-refractivity contribution in [3.8, 4) is 0 Å². The summed E-state index contributed by atoms with van der Waals surface area (Å²) in [5.74, 6) is 5.88. The number of nitrogen functional groups attached to an aromatic ring is 1. The van der Waals surface area contributed by atoms with Gasteiger partial charge in [0.25, 0.3) is 5.91 Å². The standard InChI is InChI=1S/C10H13N7O/c1-17-6-13-9(16-17)5-12-10(18)7-3-2-4-8(14-7)15-11/h2-4,6H,5,11H2,1H3,(H,12,18)(H,14,15). The van der Waals surface area contributed by atoms with Gasteiger partial charge in [0.05, 0.1) is 6.54 Å². The number of anilines is 1. The molecule has 0 spiro atoms. The highest BCUT2D eigenvalue weighted by Crippen LogP contribution is 2.03. The SMILES string of the molecule is Cn1cnc(CNC(=O)c2cccc(NN)n2)n1. The number of nitrogens with zero attached hydrogens (tertiary/aromatic N) is 4. The number of rotatable bonds is 4. The molecule has 0 unspecified atom stereocenters. The molecule has 0 bridgehead atoms. The molecule has 0 aliphatic heterocycles. The van der Waals surface area contributed by atoms with Crippen molar-refractivity contribution in [3.05, 3.63) is 36.0 Å². The fourth-order valence-electron chi connectivity index (χ4n) is 1.36. The molecule has 18 heavy (non-hydrogen) atoms. The average Bonchev–Trinajstić information content (AvgIpc) is 2.82. The molecule has 0 saturated heterocycles. The number of aromatic nitrogens is 4. The van der Waals surface area contributed by atoms with Gasteiger partial charge in [-0.05, 0) is 12.1 Å². The first-order chi connectivity index (χ1) is 8.69. The third-order valence-electron chi connectivity index (χ3n) is 2.18. The van der Waals surface area contributed by atoms with Crippen molar-refractivity contribution in [2.24, 2.45) is 12.9 Å². The predicted molar refractivity (Wildman–Crippen MR) is 64.2 cm³/mol. The van der Waals surface area contributed by atoms with Crippen molar-refractivity contribution < 1.29 is 4.79 Å². The highest BCUT2D eigenvalue weighted by molar-refractivity contribution is 5.92. The summed E-state index contributed by atoms with van der Waals surface area (Å²) in [6.07, 6.45) is 1.57. The number of nitrogens with one attached hydrogen (secondary N) is 2. The lowest BCUT2D eigenvalue weighted by Gasteiger charge is -2.04. The fraction of sp³-hybridized carbons (Fsp3) is 0.200. The number of carbonyl (C=O) groups is 1. The Kier molecular flexibility index (Phi) is 3.49. The largest absolute Gasteiger partial charge is 0.343 e. The number of hydrogen-bond acceptors (Lipinski definition) is 6. The minimum absolute atomic E-state index is 0.252. The van der Waals surface area contributed by atoms with Crippen LogP contribution in [0.5, 0.6) is 0 Å². The van der Waals surface area contributed by atoms with Crippen molar-refractivity contribution >= 4 is 11.7 Å². The number of hydrazine groups is 1. The van der Waals surface area contributed by atoms with E-state index >= 15 is 0 Å². The quantitative estimate of drug-likeness (QED) is 0.492. The summed E-state index contributed by atoms with van der Waals surface area (Å²) in [4.78, 5) is 19.8. The van der Waals surface area contributed by atoms with E-state index in [2.05, 4.69) is 25.8 Å². The van der Waals surface area contributed by atoms with Gasteiger partial charge in [0, 0.05) is 7.05 Å². The molecule has 4 N–H and O–H groups in total. The molecule has 2 rings (SSSR count). The lowest BCUT2D eigenvalue weighted by atomic mass is 10.3. The maximum atomic E-state index is 11.8. The molecule has 0 aliphatic rings. The van der Waals surface area contributed by atoms with Gasteiger partial charge in [0.2, 0.25) is 0 Å². The molecule has 0 radical (unpaired) electrons. The van der Waals surface area contributed by atoms with Gasteiger partial charge in [-0.3, -0.25) is 9.48 Å². The Labute approximate surface area is 103 Å². The fourth-order valence-corrected chi connectivity index (χ4v) is 1.36. The summed E-state index contributed by atoms with van der Waals surface area (Å²) in [6.45, 7) is 0.252. The van der Waals surface area contributed by atoms with Crippen LogP contribution in [-0.2, 0) is 13.6 Å². The normalized spacial score (nSPS) is 10.1. The molecular weight excluding hydrogens is 234 g/mol. The van der Waals surface area contributed by atoms with Gasteiger partial charge in [-0.15, -0.1) is 0 Å². The lowest BCUT2D eigenvalue weighted by Crippen LogP contribution is -2.25. The Morgan fingerprint density at radius 3 is 3.00 bits per heavy atom. The molecule has 0 aliphatic carbocycles. The highest BCUT2D eigenvalue weighted by atomic mass is 16.1. The van der Waals surface area contributed by atoms with Crippen molar-refractivity contribution in [3.63, 3.8) is 0 Å². The average molecular weight is 247 g/mol. The van der Waals surface area contributed by atoms with Crippen LogP contribution in [-0.4, -0.2) is 25.7 Å². The number of amides is 1. The number of carbonyl (C=O) groups excluding carboxylic acids is 1. The molecule has 2 aromatic heterocycles. The van der Waals surface area contributed by atoms with E-state index in [0.717, 1.165) is 0 Å². The van der Waals surface area contributed by atoms with Gasteiger partial charge in [0.1, 0.15) is 17.8 Å². The van der Waals surface area contributed by atoms with Crippen molar-refractivity contribution in [1.29, 1.82) is 0 Å². The predicted octanol–water partition coefficient (Wildman–Crippen LogP) is -0.574. The topological polar surface area (TPSA) is 111 Å². The van der Waals surface area contributed by atoms with Gasteiger partial charge >= 0.3 is 0 Å². The molecule has 0 saturated carbocycles. The summed E-state index contributed by atoms with van der Waals surface area (Å²) in [5, 5.41) is 6.72. The van der Waals surface area contributed by atoms with Crippen LogP contribution in [0.15, 0.2) is 24.5 Å². The monoisotopic (exact) mass is 247 g/mol. The molecule has 94 valence electrons. The van der Waals surface area contributed by atoms with Crippen molar-refractivity contribution in [1.82, 2.24) is 25.1 Å². The van der Waals surface area contributed by atoms with Crippen LogP contribution in [0.3, 0.4) is 0 Å². The van der Waals surface area contributed by atoms with E-state index in [0.29, 0.717) is 11.6 Å². The zero-order valence-electron chi connectivity index (χ0n) is 9.79. The van der Waals surface area contributed by atoms with E-state index in [-0.39, 0.29) is 18.1 Å². The Balaban J connectivity index is 1.99. The molecule has 0 atom stereocenters. The van der Waals surface area contributed by atoms with Gasteiger partial charge in [0.15, 0.2) is 5.82 Å². The van der Waals surface area contributed by atoms with Crippen LogP contribution in [0.2, 0.25) is 0 Å². The third kappa shape index (κ3) is 2.80. The van der Waals surface area contributed by atoms with Gasteiger partial charge < -0.3 is 10.7 Å². The Morgan fingerprint density at radius 2 is 2.33 bits per heavy atom. The second-order valence-electron chi connectivity index (χ2n) is 3.57. The zero-order chi connectivity index (χ0) is 13.0. The summed E-state index contributed by atoms with van der Waals surface area (Å²) >= 11 is 0. The lowest BCUT2D eigenvalue weighted by molar-refractivity contribution is 0.0945. The second kappa shape index (κ2) is 5.23. The first kappa shape index (κ1) is 12.0. The van der Waals surface area contributed by atoms with E-state index in [9.17, 15) is 4.79 Å². The Hall–Kier alpha value is -2.48. The number of nitrogens with two attached hydrogens (primary N) is 1. The molecular formula is C10H13N7O. The summed E-state index contributed by atoms with van der Waals surface area (Å²) in [6, 6.07) is 4.95. The van der Waals surface area contributed by atoms with E-state index in [1.807, 2.05) is 0 Å². The van der Waals surface area contributed by atoms with Crippen LogP contribution >= 0.6 is 0 Å². The van der Waals surface area contributed by atoms with Crippen LogP contribution in [0.25, 0.3) is 0 Å². The van der Waals surface area contributed by atoms with Crippen LogP contribution in [0.1, 0.15) is 16.3 Å². The minimum atomic E-state index is -0.306. The second-order valence-corrected chi connectivity index (χ2v) is 3.57. The first-order valence-electron chi connectivity index (χ1n) is 5.25. The smallest absolute Gasteiger partial charge is 0.270 e. The molecule has 8 nitrogen and oxygen atoms in total. The molecule has 0 aromatic carbocycles. The summed E-state index contributed by atoms with van der Waals surface area (Å²) in [5.41, 5.74) is 2.66. The molecule has 8 heteroatoms.